The van der Waals surface area contributed by atoms with Crippen LogP contribution in [0.1, 0.15) is 24.0 Å². The maximum absolute atomic E-state index is 5.64. The number of rotatable bonds is 4. The van der Waals surface area contributed by atoms with Gasteiger partial charge >= 0.3 is 0 Å². The summed E-state index contributed by atoms with van der Waals surface area (Å²) in [7, 11) is 3.49. The minimum absolute atomic E-state index is 0.793. The number of likely N-dealkylation sites (tertiary alicyclic amines) is 1. The molecule has 1 aliphatic heterocycles. The van der Waals surface area contributed by atoms with Crippen LogP contribution in [0, 0.1) is 12.8 Å². The molecule has 0 bridgehead atoms. The fraction of sp³-hybridized carbons (Fsp3) is 0.350. The van der Waals surface area contributed by atoms with Crippen LogP contribution in [0.5, 0.6) is 0 Å². The highest BCUT2D eigenvalue weighted by atomic mass is 33.1. The molecule has 1 fully saturated rings. The smallest absolute Gasteiger partial charge is 0.147 e. The Bertz CT molecular complexity index is 646. The van der Waals surface area contributed by atoms with Gasteiger partial charge in [0, 0.05) is 18.0 Å². The zero-order valence-corrected chi connectivity index (χ0v) is 16.4. The van der Waals surface area contributed by atoms with Gasteiger partial charge in [0.25, 0.3) is 0 Å². The molecule has 126 valence electrons. The van der Waals surface area contributed by atoms with Crippen LogP contribution in [0.2, 0.25) is 0 Å². The van der Waals surface area contributed by atoms with Crippen molar-refractivity contribution in [3.8, 4) is 0 Å². The molecule has 0 saturated carbocycles. The number of nitrogens with zero attached hydrogens (tertiary/aromatic N) is 1. The summed E-state index contributed by atoms with van der Waals surface area (Å²) in [5.41, 5.74) is 2.76. The molecule has 0 spiro atoms. The van der Waals surface area contributed by atoms with Crippen LogP contribution < -0.4 is 0 Å². The first-order chi connectivity index (χ1) is 11.7. The minimum atomic E-state index is 0.793. The van der Waals surface area contributed by atoms with Crippen LogP contribution in [0.3, 0.4) is 0 Å². The molecule has 0 amide bonds. The molecule has 0 unspecified atom stereocenters. The predicted octanol–water partition coefficient (Wildman–Crippen LogP) is 5.97. The Labute approximate surface area is 158 Å². The third-order valence-electron chi connectivity index (χ3n) is 4.47. The maximum atomic E-state index is 5.64. The summed E-state index contributed by atoms with van der Waals surface area (Å²) in [4.78, 5) is 3.65. The molecule has 2 aromatic carbocycles. The van der Waals surface area contributed by atoms with E-state index in [1.54, 1.807) is 21.6 Å². The van der Waals surface area contributed by atoms with Crippen molar-refractivity contribution < 1.29 is 0 Å². The van der Waals surface area contributed by atoms with Gasteiger partial charge in [-0.05, 0) is 60.6 Å². The lowest BCUT2D eigenvalue weighted by Crippen LogP contribution is -2.36. The molecule has 24 heavy (non-hydrogen) atoms. The summed E-state index contributed by atoms with van der Waals surface area (Å²) >= 11 is 5.64. The van der Waals surface area contributed by atoms with E-state index < -0.39 is 0 Å². The Kier molecular flexibility index (Phi) is 6.64. The van der Waals surface area contributed by atoms with Crippen molar-refractivity contribution in [3.63, 3.8) is 0 Å². The van der Waals surface area contributed by atoms with E-state index in [-0.39, 0.29) is 0 Å². The van der Waals surface area contributed by atoms with Crippen molar-refractivity contribution >= 4 is 38.1 Å². The first-order valence-electron chi connectivity index (χ1n) is 8.45. The highest BCUT2D eigenvalue weighted by Crippen LogP contribution is 2.34. The fourth-order valence-corrected chi connectivity index (χ4v) is 5.34. The lowest BCUT2D eigenvalue weighted by atomic mass is 9.90. The second-order valence-electron chi connectivity index (χ2n) is 6.37. The Morgan fingerprint density at radius 2 is 1.71 bits per heavy atom. The average molecular weight is 374 g/mol. The van der Waals surface area contributed by atoms with Gasteiger partial charge in [-0.2, -0.15) is 0 Å². The first-order valence-corrected chi connectivity index (χ1v) is 11.0. The Balaban J connectivity index is 1.42. The molecular weight excluding hydrogens is 350 g/mol. The van der Waals surface area contributed by atoms with E-state index in [0.717, 1.165) is 23.3 Å². The van der Waals surface area contributed by atoms with E-state index in [0.29, 0.717) is 0 Å². The van der Waals surface area contributed by atoms with Crippen LogP contribution in [0.4, 0.5) is 0 Å². The van der Waals surface area contributed by atoms with E-state index in [9.17, 15) is 0 Å². The maximum Gasteiger partial charge on any atom is 0.147 e. The number of aryl methyl sites for hydroxylation is 1. The van der Waals surface area contributed by atoms with Crippen LogP contribution in [-0.4, -0.2) is 22.3 Å². The van der Waals surface area contributed by atoms with Crippen molar-refractivity contribution in [2.45, 2.75) is 31.1 Å². The summed E-state index contributed by atoms with van der Waals surface area (Å²) in [5, 5.41) is 0. The van der Waals surface area contributed by atoms with Gasteiger partial charge in [0.05, 0.1) is 0 Å². The Hall–Kier alpha value is -0.970. The molecule has 0 N–H and O–H groups in total. The third-order valence-corrected chi connectivity index (χ3v) is 7.54. The number of hydrogen-bond acceptors (Lipinski definition) is 3. The topological polar surface area (TPSA) is 3.24 Å². The molecule has 0 aliphatic carbocycles. The van der Waals surface area contributed by atoms with Gasteiger partial charge < -0.3 is 4.90 Å². The summed E-state index contributed by atoms with van der Waals surface area (Å²) < 4.78 is 1.03. The van der Waals surface area contributed by atoms with Gasteiger partial charge in [-0.25, -0.2) is 0 Å². The lowest BCUT2D eigenvalue weighted by Gasteiger charge is -2.33. The zero-order valence-electron chi connectivity index (χ0n) is 14.0. The van der Waals surface area contributed by atoms with Gasteiger partial charge in [0.2, 0.25) is 0 Å². The molecule has 0 radical (unpaired) electrons. The third kappa shape index (κ3) is 5.27. The van der Waals surface area contributed by atoms with Gasteiger partial charge in [-0.15, -0.1) is 0 Å². The molecule has 2 aromatic rings. The summed E-state index contributed by atoms with van der Waals surface area (Å²) in [5.74, 6) is 0.793. The lowest BCUT2D eigenvalue weighted by molar-refractivity contribution is 0.272. The molecule has 1 heterocycles. The minimum Gasteiger partial charge on any atom is -0.357 e. The summed E-state index contributed by atoms with van der Waals surface area (Å²) in [6, 6.07) is 19.5. The van der Waals surface area contributed by atoms with Gasteiger partial charge in [0.15, 0.2) is 0 Å². The number of hydrogen-bond donors (Lipinski definition) is 0. The fourth-order valence-electron chi connectivity index (χ4n) is 3.00. The summed E-state index contributed by atoms with van der Waals surface area (Å²) in [6.45, 7) is 4.31. The molecule has 0 aromatic heterocycles. The van der Waals surface area contributed by atoms with Gasteiger partial charge in [-0.3, -0.25) is 0 Å². The van der Waals surface area contributed by atoms with Crippen LogP contribution in [0.15, 0.2) is 59.5 Å². The molecule has 1 nitrogen and oxygen atoms in total. The average Bonchev–Trinajstić information content (AvgIpc) is 2.62. The van der Waals surface area contributed by atoms with Crippen LogP contribution >= 0.6 is 33.8 Å². The number of thiocarbonyl (C=S) groups is 1. The van der Waals surface area contributed by atoms with E-state index in [1.807, 2.05) is 0 Å². The molecule has 0 atom stereocenters. The van der Waals surface area contributed by atoms with E-state index in [4.69, 9.17) is 12.2 Å². The molecule has 3 rings (SSSR count). The second kappa shape index (κ2) is 8.93. The molecule has 1 saturated heterocycles. The molecule has 4 heteroatoms. The van der Waals surface area contributed by atoms with Crippen molar-refractivity contribution in [1.29, 1.82) is 0 Å². The standard InChI is InChI=1S/C20H23NS3/c1-16-7-9-19(10-8-16)23-24-20(22)21-13-11-18(12-14-21)15-17-5-3-2-4-6-17/h2-10,18H,11-15H2,1H3. The Morgan fingerprint density at radius 3 is 2.38 bits per heavy atom. The van der Waals surface area contributed by atoms with Crippen molar-refractivity contribution in [2.24, 2.45) is 5.92 Å². The van der Waals surface area contributed by atoms with Crippen molar-refractivity contribution in [3.05, 3.63) is 65.7 Å². The second-order valence-corrected chi connectivity index (χ2v) is 9.20. The van der Waals surface area contributed by atoms with E-state index >= 15 is 0 Å². The number of benzene rings is 2. The first kappa shape index (κ1) is 17.8. The van der Waals surface area contributed by atoms with E-state index in [1.165, 1.54) is 35.3 Å². The zero-order chi connectivity index (χ0) is 16.8. The highest BCUT2D eigenvalue weighted by molar-refractivity contribution is 8.83. The molecular formula is C20H23NS3. The SMILES string of the molecule is Cc1ccc(SSC(=S)N2CCC(Cc3ccccc3)CC2)cc1. The number of piperidine rings is 1. The van der Waals surface area contributed by atoms with Gasteiger partial charge in [0.1, 0.15) is 4.32 Å². The largest absolute Gasteiger partial charge is 0.357 e. The Morgan fingerprint density at radius 1 is 1.04 bits per heavy atom. The van der Waals surface area contributed by atoms with Gasteiger partial charge in [-0.1, -0.05) is 71.0 Å². The normalized spacial score (nSPS) is 15.5. The van der Waals surface area contributed by atoms with Crippen molar-refractivity contribution in [2.75, 3.05) is 13.1 Å². The quantitative estimate of drug-likeness (QED) is 0.479. The molecule has 1 aliphatic rings. The summed E-state index contributed by atoms with van der Waals surface area (Å²) in [6.07, 6.45) is 3.68. The van der Waals surface area contributed by atoms with Crippen LogP contribution in [0.25, 0.3) is 0 Å². The van der Waals surface area contributed by atoms with Crippen molar-refractivity contribution in [1.82, 2.24) is 4.90 Å². The predicted molar refractivity (Wildman–Crippen MR) is 112 cm³/mol. The highest BCUT2D eigenvalue weighted by Gasteiger charge is 2.21. The van der Waals surface area contributed by atoms with E-state index in [2.05, 4.69) is 66.4 Å². The van der Waals surface area contributed by atoms with Crippen LogP contribution in [-0.2, 0) is 6.42 Å². The monoisotopic (exact) mass is 373 g/mol.